The summed E-state index contributed by atoms with van der Waals surface area (Å²) in [4.78, 5) is 0. The van der Waals surface area contributed by atoms with Gasteiger partial charge in [0, 0.05) is 11.1 Å². The predicted octanol–water partition coefficient (Wildman–Crippen LogP) is 8.39. The Balaban J connectivity index is 1.82. The highest BCUT2D eigenvalue weighted by atomic mass is 19.1. The molecule has 38 heavy (non-hydrogen) atoms. The quantitative estimate of drug-likeness (QED) is 0.258. The lowest BCUT2D eigenvalue weighted by molar-refractivity contribution is 0.167. The molecular weight excluding hydrogens is 474 g/mol. The zero-order valence-corrected chi connectivity index (χ0v) is 20.5. The van der Waals surface area contributed by atoms with Gasteiger partial charge in [0.05, 0.1) is 0 Å². The number of halogens is 2. The lowest BCUT2D eigenvalue weighted by atomic mass is 9.77. The highest BCUT2D eigenvalue weighted by Gasteiger charge is 2.48. The van der Waals surface area contributed by atoms with Crippen LogP contribution in [0.5, 0.6) is 0 Å². The van der Waals surface area contributed by atoms with E-state index in [2.05, 4.69) is 0 Å². The van der Waals surface area contributed by atoms with E-state index >= 15 is 0 Å². The minimum absolute atomic E-state index is 0.345. The van der Waals surface area contributed by atoms with E-state index in [9.17, 15) is 13.9 Å². The maximum absolute atomic E-state index is 14.1. The van der Waals surface area contributed by atoms with Gasteiger partial charge in [-0.25, -0.2) is 8.78 Å². The minimum Gasteiger partial charge on any atom is -0.376 e. The summed E-state index contributed by atoms with van der Waals surface area (Å²) in [6.45, 7) is 0. The molecule has 1 nitrogen and oxygen atoms in total. The first kappa shape index (κ1) is 23.8. The highest BCUT2D eigenvalue weighted by molar-refractivity contribution is 6.30. The first-order valence-corrected chi connectivity index (χ1v) is 12.5. The largest absolute Gasteiger partial charge is 0.376 e. The molecule has 0 atom stereocenters. The van der Waals surface area contributed by atoms with E-state index < -0.39 is 5.60 Å². The van der Waals surface area contributed by atoms with Gasteiger partial charge >= 0.3 is 0 Å². The molecule has 0 radical (unpaired) electrons. The van der Waals surface area contributed by atoms with Crippen LogP contribution >= 0.6 is 0 Å². The van der Waals surface area contributed by atoms with Crippen LogP contribution < -0.4 is 0 Å². The molecular formula is C35H24F2O. The summed E-state index contributed by atoms with van der Waals surface area (Å²) >= 11 is 0. The van der Waals surface area contributed by atoms with Crippen molar-refractivity contribution in [2.24, 2.45) is 0 Å². The standard InChI is InChI=1S/C35H24F2O/c36-29-20-16-24(17-21-29)31-32(25-18-22-30(37)23-19-25)34(27-12-6-2-7-13-27)35(38,28-14-8-3-9-15-28)33(31)26-10-4-1-5-11-26/h1-23,38H. The molecule has 0 saturated heterocycles. The molecule has 184 valence electrons. The molecule has 0 bridgehead atoms. The first-order chi connectivity index (χ1) is 18.6. The van der Waals surface area contributed by atoms with Gasteiger partial charge in [-0.15, -0.1) is 0 Å². The number of hydrogen-bond acceptors (Lipinski definition) is 1. The number of benzene rings is 5. The third kappa shape index (κ3) is 3.98. The van der Waals surface area contributed by atoms with Crippen LogP contribution in [0.25, 0.3) is 22.3 Å². The molecule has 0 aliphatic heterocycles. The average Bonchev–Trinajstić information content (AvgIpc) is 3.25. The van der Waals surface area contributed by atoms with E-state index in [0.29, 0.717) is 16.7 Å². The summed E-state index contributed by atoms with van der Waals surface area (Å²) in [7, 11) is 0. The minimum atomic E-state index is -1.56. The van der Waals surface area contributed by atoms with E-state index in [1.165, 1.54) is 24.3 Å². The van der Waals surface area contributed by atoms with Crippen LogP contribution in [0, 0.1) is 11.6 Å². The predicted molar refractivity (Wildman–Crippen MR) is 150 cm³/mol. The molecule has 0 fully saturated rings. The fourth-order valence-electron chi connectivity index (χ4n) is 5.43. The normalized spacial score (nSPS) is 14.7. The summed E-state index contributed by atoms with van der Waals surface area (Å²) in [5.74, 6) is -0.690. The molecule has 0 saturated carbocycles. The monoisotopic (exact) mass is 498 g/mol. The Morgan fingerprint density at radius 2 is 0.737 bits per heavy atom. The van der Waals surface area contributed by atoms with Crippen LogP contribution in [-0.4, -0.2) is 5.11 Å². The van der Waals surface area contributed by atoms with Crippen LogP contribution in [0.4, 0.5) is 8.78 Å². The second-order valence-electron chi connectivity index (χ2n) is 9.32. The van der Waals surface area contributed by atoms with Crippen molar-refractivity contribution >= 4 is 22.3 Å². The zero-order valence-electron chi connectivity index (χ0n) is 20.5. The van der Waals surface area contributed by atoms with Crippen LogP contribution in [0.1, 0.15) is 27.8 Å². The Kier molecular flexibility index (Phi) is 6.07. The number of hydrogen-bond donors (Lipinski definition) is 1. The third-order valence-corrected chi connectivity index (χ3v) is 7.06. The second-order valence-corrected chi connectivity index (χ2v) is 9.32. The summed E-state index contributed by atoms with van der Waals surface area (Å²) < 4.78 is 28.2. The van der Waals surface area contributed by atoms with E-state index in [4.69, 9.17) is 0 Å². The molecule has 0 heterocycles. The number of aliphatic hydroxyl groups is 1. The van der Waals surface area contributed by atoms with Crippen molar-refractivity contribution in [1.29, 1.82) is 0 Å². The molecule has 6 rings (SSSR count). The van der Waals surface area contributed by atoms with Gasteiger partial charge in [0.25, 0.3) is 0 Å². The molecule has 0 spiro atoms. The SMILES string of the molecule is OC1(c2ccccc2)C(c2ccccc2)=C(c2ccc(F)cc2)C(c2ccc(F)cc2)=C1c1ccccc1. The van der Waals surface area contributed by atoms with Gasteiger partial charge in [-0.2, -0.15) is 0 Å². The molecule has 5 aromatic rings. The fourth-order valence-corrected chi connectivity index (χ4v) is 5.43. The Morgan fingerprint density at radius 3 is 1.11 bits per heavy atom. The van der Waals surface area contributed by atoms with Gasteiger partial charge in [0.1, 0.15) is 17.2 Å². The third-order valence-electron chi connectivity index (χ3n) is 7.06. The lowest BCUT2D eigenvalue weighted by Gasteiger charge is -2.32. The summed E-state index contributed by atoms with van der Waals surface area (Å²) in [5.41, 5.74) is 5.25. The van der Waals surface area contributed by atoms with E-state index in [-0.39, 0.29) is 11.6 Å². The second kappa shape index (κ2) is 9.70. The maximum atomic E-state index is 14.1. The van der Waals surface area contributed by atoms with E-state index in [1.54, 1.807) is 24.3 Å². The van der Waals surface area contributed by atoms with Crippen molar-refractivity contribution in [3.05, 3.63) is 179 Å². The summed E-state index contributed by atoms with van der Waals surface area (Å²) in [6, 6.07) is 41.7. The van der Waals surface area contributed by atoms with Gasteiger partial charge < -0.3 is 5.11 Å². The zero-order chi connectivity index (χ0) is 26.1. The van der Waals surface area contributed by atoms with Crippen molar-refractivity contribution in [2.75, 3.05) is 0 Å². The van der Waals surface area contributed by atoms with Gasteiger partial charge in [0.15, 0.2) is 0 Å². The molecule has 1 aliphatic carbocycles. The smallest absolute Gasteiger partial charge is 0.142 e. The first-order valence-electron chi connectivity index (χ1n) is 12.5. The average molecular weight is 499 g/mol. The lowest BCUT2D eigenvalue weighted by Crippen LogP contribution is -2.27. The van der Waals surface area contributed by atoms with Gasteiger partial charge in [-0.3, -0.25) is 0 Å². The fraction of sp³-hybridized carbons (Fsp3) is 0.0286. The van der Waals surface area contributed by atoms with Gasteiger partial charge in [-0.1, -0.05) is 115 Å². The Morgan fingerprint density at radius 1 is 0.395 bits per heavy atom. The molecule has 5 aromatic carbocycles. The molecule has 0 aromatic heterocycles. The molecule has 0 unspecified atom stereocenters. The van der Waals surface area contributed by atoms with Crippen LogP contribution in [0.2, 0.25) is 0 Å². The Hall–Kier alpha value is -4.60. The number of rotatable bonds is 5. The van der Waals surface area contributed by atoms with Gasteiger partial charge in [-0.05, 0) is 63.2 Å². The van der Waals surface area contributed by atoms with Crippen LogP contribution in [-0.2, 0) is 5.60 Å². The van der Waals surface area contributed by atoms with E-state index in [0.717, 1.165) is 33.4 Å². The molecule has 0 amide bonds. The summed E-state index contributed by atoms with van der Waals surface area (Å²) in [5, 5.41) is 13.1. The molecule has 3 heteroatoms. The van der Waals surface area contributed by atoms with Crippen molar-refractivity contribution in [2.45, 2.75) is 5.60 Å². The molecule has 1 N–H and O–H groups in total. The Bertz CT molecular complexity index is 1530. The van der Waals surface area contributed by atoms with Crippen molar-refractivity contribution in [3.8, 4) is 0 Å². The van der Waals surface area contributed by atoms with Crippen LogP contribution in [0.15, 0.2) is 140 Å². The topological polar surface area (TPSA) is 20.2 Å². The van der Waals surface area contributed by atoms with Crippen LogP contribution in [0.3, 0.4) is 0 Å². The van der Waals surface area contributed by atoms with Gasteiger partial charge in [0.2, 0.25) is 0 Å². The molecule has 1 aliphatic rings. The van der Waals surface area contributed by atoms with E-state index in [1.807, 2.05) is 91.0 Å². The van der Waals surface area contributed by atoms with Crippen molar-refractivity contribution in [3.63, 3.8) is 0 Å². The van der Waals surface area contributed by atoms with Crippen molar-refractivity contribution < 1.29 is 13.9 Å². The van der Waals surface area contributed by atoms with Crippen molar-refractivity contribution in [1.82, 2.24) is 0 Å². The summed E-state index contributed by atoms with van der Waals surface area (Å²) in [6.07, 6.45) is 0. The number of allylic oxidation sites excluding steroid dienone is 2. The highest BCUT2D eigenvalue weighted by Crippen LogP contribution is 2.60. The maximum Gasteiger partial charge on any atom is 0.142 e. The Labute approximate surface area is 220 Å².